The predicted molar refractivity (Wildman–Crippen MR) is 85.8 cm³/mol. The standard InChI is InChI=1S/C15H23N3OS/c1-9(7-17-15(4,5)6)18-8-16-13-12(14(18)19)10(2)11(3)20-13/h8-9,17H,7H2,1-6H3. The van der Waals surface area contributed by atoms with Crippen LogP contribution in [0.15, 0.2) is 11.1 Å². The molecule has 0 saturated carbocycles. The molecule has 0 aromatic carbocycles. The third-order valence-electron chi connectivity index (χ3n) is 3.52. The SMILES string of the molecule is Cc1sc2ncn(C(C)CNC(C)(C)C)c(=O)c2c1C. The number of rotatable bonds is 3. The van der Waals surface area contributed by atoms with Gasteiger partial charge in [-0.15, -0.1) is 11.3 Å². The van der Waals surface area contributed by atoms with E-state index in [1.165, 1.54) is 4.88 Å². The minimum Gasteiger partial charge on any atom is -0.310 e. The fraction of sp³-hybridized carbons (Fsp3) is 0.600. The molecule has 1 N–H and O–H groups in total. The number of nitrogens with zero attached hydrogens (tertiary/aromatic N) is 2. The van der Waals surface area contributed by atoms with Crippen LogP contribution in [0.25, 0.3) is 10.2 Å². The molecule has 2 rings (SSSR count). The minimum atomic E-state index is 0.0459. The number of nitrogens with one attached hydrogen (secondary N) is 1. The first-order valence-electron chi connectivity index (χ1n) is 6.92. The average molecular weight is 293 g/mol. The van der Waals surface area contributed by atoms with Gasteiger partial charge in [-0.3, -0.25) is 9.36 Å². The van der Waals surface area contributed by atoms with Crippen LogP contribution in [0.5, 0.6) is 0 Å². The molecule has 0 aliphatic carbocycles. The first-order chi connectivity index (χ1) is 9.20. The lowest BCUT2D eigenvalue weighted by Crippen LogP contribution is -2.40. The second-order valence-electron chi connectivity index (χ2n) is 6.40. The third-order valence-corrected chi connectivity index (χ3v) is 4.63. The van der Waals surface area contributed by atoms with Crippen molar-refractivity contribution in [3.8, 4) is 0 Å². The van der Waals surface area contributed by atoms with Crippen molar-refractivity contribution < 1.29 is 0 Å². The molecule has 2 heterocycles. The van der Waals surface area contributed by atoms with Crippen molar-refractivity contribution in [2.75, 3.05) is 6.54 Å². The van der Waals surface area contributed by atoms with Crippen LogP contribution in [-0.2, 0) is 0 Å². The van der Waals surface area contributed by atoms with Crippen LogP contribution in [0.3, 0.4) is 0 Å². The molecule has 2 aromatic rings. The van der Waals surface area contributed by atoms with Crippen LogP contribution < -0.4 is 10.9 Å². The highest BCUT2D eigenvalue weighted by atomic mass is 32.1. The molecule has 0 amide bonds. The largest absolute Gasteiger partial charge is 0.310 e. The lowest BCUT2D eigenvalue weighted by atomic mass is 10.1. The van der Waals surface area contributed by atoms with E-state index < -0.39 is 0 Å². The summed E-state index contributed by atoms with van der Waals surface area (Å²) in [5, 5.41) is 4.21. The van der Waals surface area contributed by atoms with E-state index in [4.69, 9.17) is 0 Å². The molecule has 2 aromatic heterocycles. The molecule has 0 fully saturated rings. The summed E-state index contributed by atoms with van der Waals surface area (Å²) in [6.07, 6.45) is 1.68. The lowest BCUT2D eigenvalue weighted by molar-refractivity contribution is 0.375. The molecule has 1 atom stereocenters. The number of aromatic nitrogens is 2. The maximum absolute atomic E-state index is 12.6. The van der Waals surface area contributed by atoms with E-state index in [0.717, 1.165) is 22.3 Å². The van der Waals surface area contributed by atoms with Crippen molar-refractivity contribution >= 4 is 21.6 Å². The topological polar surface area (TPSA) is 46.9 Å². The Morgan fingerprint density at radius 2 is 2.05 bits per heavy atom. The average Bonchev–Trinajstić information content (AvgIpc) is 2.62. The van der Waals surface area contributed by atoms with Gasteiger partial charge in [0, 0.05) is 23.0 Å². The van der Waals surface area contributed by atoms with Crippen LogP contribution in [0.2, 0.25) is 0 Å². The van der Waals surface area contributed by atoms with E-state index in [2.05, 4.69) is 31.1 Å². The smallest absolute Gasteiger partial charge is 0.262 e. The van der Waals surface area contributed by atoms with E-state index in [1.54, 1.807) is 22.2 Å². The molecule has 0 radical (unpaired) electrons. The zero-order chi connectivity index (χ0) is 15.1. The first-order valence-corrected chi connectivity index (χ1v) is 7.74. The number of fused-ring (bicyclic) bond motifs is 1. The molecule has 0 bridgehead atoms. The molecule has 110 valence electrons. The van der Waals surface area contributed by atoms with Gasteiger partial charge in [0.15, 0.2) is 0 Å². The van der Waals surface area contributed by atoms with E-state index in [9.17, 15) is 4.79 Å². The summed E-state index contributed by atoms with van der Waals surface area (Å²) >= 11 is 1.59. The predicted octanol–water partition coefficient (Wildman–Crippen LogP) is 3.02. The van der Waals surface area contributed by atoms with Gasteiger partial charge in [-0.2, -0.15) is 0 Å². The van der Waals surface area contributed by atoms with Gasteiger partial charge in [0.05, 0.1) is 11.7 Å². The highest BCUT2D eigenvalue weighted by molar-refractivity contribution is 7.18. The van der Waals surface area contributed by atoms with Crippen LogP contribution in [0.1, 0.15) is 44.2 Å². The van der Waals surface area contributed by atoms with Crippen LogP contribution in [-0.4, -0.2) is 21.6 Å². The molecular formula is C15H23N3OS. The summed E-state index contributed by atoms with van der Waals surface area (Å²) in [4.78, 5) is 19.1. The van der Waals surface area contributed by atoms with Crippen molar-refractivity contribution in [2.45, 2.75) is 53.1 Å². The Labute approximate surface area is 123 Å². The lowest BCUT2D eigenvalue weighted by Gasteiger charge is -2.24. The van der Waals surface area contributed by atoms with Gasteiger partial charge in [0.1, 0.15) is 4.83 Å². The second kappa shape index (κ2) is 5.30. The number of aryl methyl sites for hydroxylation is 2. The third kappa shape index (κ3) is 2.94. The first kappa shape index (κ1) is 15.2. The minimum absolute atomic E-state index is 0.0459. The van der Waals surface area contributed by atoms with Crippen LogP contribution in [0, 0.1) is 13.8 Å². The summed E-state index contributed by atoms with van der Waals surface area (Å²) in [7, 11) is 0. The highest BCUT2D eigenvalue weighted by Crippen LogP contribution is 2.25. The van der Waals surface area contributed by atoms with Crippen molar-refractivity contribution in [2.24, 2.45) is 0 Å². The monoisotopic (exact) mass is 293 g/mol. The van der Waals surface area contributed by atoms with E-state index in [1.807, 2.05) is 20.8 Å². The number of hydrogen-bond acceptors (Lipinski definition) is 4. The summed E-state index contributed by atoms with van der Waals surface area (Å²) in [6.45, 7) is 13.2. The summed E-state index contributed by atoms with van der Waals surface area (Å²) in [6, 6.07) is 0.0817. The highest BCUT2D eigenvalue weighted by Gasteiger charge is 2.16. The van der Waals surface area contributed by atoms with Gasteiger partial charge >= 0.3 is 0 Å². The maximum atomic E-state index is 12.6. The molecule has 20 heavy (non-hydrogen) atoms. The van der Waals surface area contributed by atoms with Crippen LogP contribution >= 0.6 is 11.3 Å². The quantitative estimate of drug-likeness (QED) is 0.946. The van der Waals surface area contributed by atoms with Gasteiger partial charge in [-0.25, -0.2) is 4.98 Å². The zero-order valence-electron chi connectivity index (χ0n) is 13.1. The molecule has 0 aliphatic heterocycles. The van der Waals surface area contributed by atoms with E-state index >= 15 is 0 Å². The van der Waals surface area contributed by atoms with Crippen molar-refractivity contribution in [1.82, 2.24) is 14.9 Å². The Kier molecular flexibility index (Phi) is 4.02. The molecule has 0 spiro atoms. The summed E-state index contributed by atoms with van der Waals surface area (Å²) in [5.41, 5.74) is 1.18. The fourth-order valence-corrected chi connectivity index (χ4v) is 3.10. The van der Waals surface area contributed by atoms with Gasteiger partial charge in [0.2, 0.25) is 0 Å². The molecule has 0 aliphatic rings. The van der Waals surface area contributed by atoms with E-state index in [0.29, 0.717) is 0 Å². The Morgan fingerprint density at radius 1 is 1.40 bits per heavy atom. The molecule has 1 unspecified atom stereocenters. The fourth-order valence-electron chi connectivity index (χ4n) is 2.11. The molecule has 4 nitrogen and oxygen atoms in total. The molecular weight excluding hydrogens is 270 g/mol. The normalized spacial score (nSPS) is 13.9. The van der Waals surface area contributed by atoms with Gasteiger partial charge in [-0.1, -0.05) is 0 Å². The van der Waals surface area contributed by atoms with Crippen molar-refractivity contribution in [3.05, 3.63) is 27.1 Å². The number of thiophene rings is 1. The second-order valence-corrected chi connectivity index (χ2v) is 7.60. The van der Waals surface area contributed by atoms with Gasteiger partial charge in [0.25, 0.3) is 5.56 Å². The molecule has 5 heteroatoms. The van der Waals surface area contributed by atoms with Crippen molar-refractivity contribution in [3.63, 3.8) is 0 Å². The Bertz CT molecular complexity index is 679. The van der Waals surface area contributed by atoms with E-state index in [-0.39, 0.29) is 17.1 Å². The Morgan fingerprint density at radius 3 is 2.65 bits per heavy atom. The number of hydrogen-bond donors (Lipinski definition) is 1. The van der Waals surface area contributed by atoms with Crippen molar-refractivity contribution in [1.29, 1.82) is 0 Å². The van der Waals surface area contributed by atoms with Crippen LogP contribution in [0.4, 0.5) is 0 Å². The zero-order valence-corrected chi connectivity index (χ0v) is 13.9. The maximum Gasteiger partial charge on any atom is 0.262 e. The van der Waals surface area contributed by atoms with Gasteiger partial charge in [-0.05, 0) is 47.1 Å². The van der Waals surface area contributed by atoms with Gasteiger partial charge < -0.3 is 5.32 Å². The Balaban J connectivity index is 2.38. The Hall–Kier alpha value is -1.20. The molecule has 0 saturated heterocycles. The summed E-state index contributed by atoms with van der Waals surface area (Å²) in [5.74, 6) is 0. The summed E-state index contributed by atoms with van der Waals surface area (Å²) < 4.78 is 1.74.